The molecule has 0 aliphatic carbocycles. The summed E-state index contributed by atoms with van der Waals surface area (Å²) in [5.74, 6) is 0. The molecule has 0 aromatic heterocycles. The highest BCUT2D eigenvalue weighted by Crippen LogP contribution is 2.32. The number of halogens is 1. The molecule has 1 aliphatic heterocycles. The Bertz CT molecular complexity index is 534. The fourth-order valence-corrected chi connectivity index (χ4v) is 4.02. The zero-order chi connectivity index (χ0) is 13.3. The first kappa shape index (κ1) is 13.9. The maximum atomic E-state index is 12.1. The van der Waals surface area contributed by atoms with Crippen LogP contribution in [0.5, 0.6) is 0 Å². The molecule has 1 aromatic carbocycles. The molecule has 1 saturated heterocycles. The number of anilines is 1. The Hall–Kier alpha value is -0.550. The van der Waals surface area contributed by atoms with Crippen molar-refractivity contribution in [1.29, 1.82) is 0 Å². The lowest BCUT2D eigenvalue weighted by Crippen LogP contribution is -2.19. The minimum atomic E-state index is -3.19. The van der Waals surface area contributed by atoms with Crippen LogP contribution < -0.4 is 4.90 Å². The number of nitrogens with zero attached hydrogens (tertiary/aromatic N) is 1. The van der Waals surface area contributed by atoms with Crippen molar-refractivity contribution in [3.8, 4) is 0 Å². The first-order valence-corrected chi connectivity index (χ1v) is 8.55. The summed E-state index contributed by atoms with van der Waals surface area (Å²) in [5, 5.41) is -0.387. The standard InChI is InChI=1S/C13H18BrNO2S/c1-10(2)18(16,17)11-5-6-13(12(14)9-11)15-7-3-4-8-15/h5-6,9-10H,3-4,7-8H2,1-2H3. The third-order valence-corrected chi connectivity index (χ3v) is 6.10. The molecule has 3 nitrogen and oxygen atoms in total. The highest BCUT2D eigenvalue weighted by molar-refractivity contribution is 9.10. The van der Waals surface area contributed by atoms with Gasteiger partial charge in [0.05, 0.1) is 15.8 Å². The molecule has 0 bridgehead atoms. The van der Waals surface area contributed by atoms with E-state index in [0.29, 0.717) is 4.90 Å². The number of hydrogen-bond donors (Lipinski definition) is 0. The quantitative estimate of drug-likeness (QED) is 0.853. The largest absolute Gasteiger partial charge is 0.371 e. The fraction of sp³-hybridized carbons (Fsp3) is 0.538. The number of rotatable bonds is 3. The van der Waals surface area contributed by atoms with Gasteiger partial charge in [0, 0.05) is 17.6 Å². The summed E-state index contributed by atoms with van der Waals surface area (Å²) in [5.41, 5.74) is 1.09. The van der Waals surface area contributed by atoms with Gasteiger partial charge in [0.2, 0.25) is 0 Å². The zero-order valence-electron chi connectivity index (χ0n) is 10.7. The van der Waals surface area contributed by atoms with Crippen molar-refractivity contribution in [2.24, 2.45) is 0 Å². The van der Waals surface area contributed by atoms with E-state index in [1.54, 1.807) is 26.0 Å². The van der Waals surface area contributed by atoms with Crippen LogP contribution in [-0.2, 0) is 9.84 Å². The van der Waals surface area contributed by atoms with Crippen LogP contribution in [0.1, 0.15) is 26.7 Å². The van der Waals surface area contributed by atoms with E-state index >= 15 is 0 Å². The second-order valence-electron chi connectivity index (χ2n) is 4.90. The Morgan fingerprint density at radius 1 is 1.22 bits per heavy atom. The molecule has 18 heavy (non-hydrogen) atoms. The van der Waals surface area contributed by atoms with E-state index in [9.17, 15) is 8.42 Å². The molecule has 5 heteroatoms. The Balaban J connectivity index is 2.36. The van der Waals surface area contributed by atoms with Crippen LogP contribution in [-0.4, -0.2) is 26.8 Å². The third-order valence-electron chi connectivity index (χ3n) is 3.32. The average Bonchev–Trinajstić information content (AvgIpc) is 2.82. The summed E-state index contributed by atoms with van der Waals surface area (Å²) in [6.07, 6.45) is 2.41. The summed E-state index contributed by atoms with van der Waals surface area (Å²) >= 11 is 3.49. The van der Waals surface area contributed by atoms with E-state index in [-0.39, 0.29) is 5.25 Å². The molecule has 0 amide bonds. The highest BCUT2D eigenvalue weighted by Gasteiger charge is 2.21. The van der Waals surface area contributed by atoms with Crippen LogP contribution in [0.25, 0.3) is 0 Å². The van der Waals surface area contributed by atoms with E-state index < -0.39 is 9.84 Å². The molecular formula is C13H18BrNO2S. The predicted molar refractivity (Wildman–Crippen MR) is 77.9 cm³/mol. The summed E-state index contributed by atoms with van der Waals surface area (Å²) in [6, 6.07) is 5.35. The van der Waals surface area contributed by atoms with Crippen LogP contribution >= 0.6 is 15.9 Å². The van der Waals surface area contributed by atoms with Crippen LogP contribution in [0, 0.1) is 0 Å². The third kappa shape index (κ3) is 2.57. The van der Waals surface area contributed by atoms with Gasteiger partial charge in [-0.2, -0.15) is 0 Å². The molecule has 0 saturated carbocycles. The highest BCUT2D eigenvalue weighted by atomic mass is 79.9. The van der Waals surface area contributed by atoms with Gasteiger partial charge in [-0.25, -0.2) is 8.42 Å². The maximum Gasteiger partial charge on any atom is 0.180 e. The van der Waals surface area contributed by atoms with Gasteiger partial charge in [0.15, 0.2) is 9.84 Å². The van der Waals surface area contributed by atoms with Crippen molar-refractivity contribution >= 4 is 31.5 Å². The molecule has 0 radical (unpaired) electrons. The van der Waals surface area contributed by atoms with Gasteiger partial charge in [-0.15, -0.1) is 0 Å². The molecule has 0 N–H and O–H groups in total. The zero-order valence-corrected chi connectivity index (χ0v) is 13.1. The molecule has 2 rings (SSSR count). The molecule has 0 unspecified atom stereocenters. The Morgan fingerprint density at radius 3 is 2.33 bits per heavy atom. The van der Waals surface area contributed by atoms with E-state index in [1.165, 1.54) is 12.8 Å². The first-order valence-electron chi connectivity index (χ1n) is 6.21. The van der Waals surface area contributed by atoms with Crippen LogP contribution in [0.15, 0.2) is 27.6 Å². The Kier molecular flexibility index (Phi) is 4.02. The van der Waals surface area contributed by atoms with E-state index in [0.717, 1.165) is 23.2 Å². The monoisotopic (exact) mass is 331 g/mol. The molecule has 0 atom stereocenters. The minimum absolute atomic E-state index is 0.387. The average molecular weight is 332 g/mol. The fourth-order valence-electron chi connectivity index (χ4n) is 2.15. The smallest absolute Gasteiger partial charge is 0.180 e. The van der Waals surface area contributed by atoms with Crippen molar-refractivity contribution < 1.29 is 8.42 Å². The van der Waals surface area contributed by atoms with Crippen molar-refractivity contribution in [2.75, 3.05) is 18.0 Å². The number of sulfone groups is 1. The summed E-state index contributed by atoms with van der Waals surface area (Å²) < 4.78 is 25.0. The second kappa shape index (κ2) is 5.21. The molecule has 1 heterocycles. The Labute approximate surface area is 117 Å². The number of benzene rings is 1. The van der Waals surface area contributed by atoms with Crippen molar-refractivity contribution in [2.45, 2.75) is 36.8 Å². The van der Waals surface area contributed by atoms with E-state index in [4.69, 9.17) is 0 Å². The van der Waals surface area contributed by atoms with Crippen LogP contribution in [0.3, 0.4) is 0 Å². The van der Waals surface area contributed by atoms with Crippen molar-refractivity contribution in [1.82, 2.24) is 0 Å². The van der Waals surface area contributed by atoms with Crippen LogP contribution in [0.4, 0.5) is 5.69 Å². The molecule has 1 fully saturated rings. The van der Waals surface area contributed by atoms with Gasteiger partial charge in [0.25, 0.3) is 0 Å². The Morgan fingerprint density at radius 2 is 1.83 bits per heavy atom. The van der Waals surface area contributed by atoms with Gasteiger partial charge in [-0.3, -0.25) is 0 Å². The molecule has 1 aromatic rings. The molecule has 1 aliphatic rings. The summed E-state index contributed by atoms with van der Waals surface area (Å²) in [4.78, 5) is 2.68. The SMILES string of the molecule is CC(C)S(=O)(=O)c1ccc(N2CCCC2)c(Br)c1. The normalized spacial score (nSPS) is 16.6. The lowest BCUT2D eigenvalue weighted by atomic mass is 10.3. The van der Waals surface area contributed by atoms with Gasteiger partial charge in [-0.05, 0) is 60.8 Å². The van der Waals surface area contributed by atoms with Crippen molar-refractivity contribution in [3.63, 3.8) is 0 Å². The van der Waals surface area contributed by atoms with Crippen LogP contribution in [0.2, 0.25) is 0 Å². The molecule has 0 spiro atoms. The molecule has 100 valence electrons. The molecular weight excluding hydrogens is 314 g/mol. The van der Waals surface area contributed by atoms with Gasteiger partial charge < -0.3 is 4.90 Å². The lowest BCUT2D eigenvalue weighted by Gasteiger charge is -2.20. The first-order chi connectivity index (χ1) is 8.43. The van der Waals surface area contributed by atoms with E-state index in [1.807, 2.05) is 6.07 Å². The van der Waals surface area contributed by atoms with Gasteiger partial charge >= 0.3 is 0 Å². The van der Waals surface area contributed by atoms with E-state index in [2.05, 4.69) is 20.8 Å². The summed E-state index contributed by atoms with van der Waals surface area (Å²) in [7, 11) is -3.19. The lowest BCUT2D eigenvalue weighted by molar-refractivity contribution is 0.587. The predicted octanol–water partition coefficient (Wildman–Crippen LogP) is 3.23. The second-order valence-corrected chi connectivity index (χ2v) is 8.26. The van der Waals surface area contributed by atoms with Gasteiger partial charge in [0.1, 0.15) is 0 Å². The summed E-state index contributed by atoms with van der Waals surface area (Å²) in [6.45, 7) is 5.51. The number of hydrogen-bond acceptors (Lipinski definition) is 3. The van der Waals surface area contributed by atoms with Gasteiger partial charge in [-0.1, -0.05) is 0 Å². The van der Waals surface area contributed by atoms with Crippen molar-refractivity contribution in [3.05, 3.63) is 22.7 Å². The topological polar surface area (TPSA) is 37.4 Å². The maximum absolute atomic E-state index is 12.1. The minimum Gasteiger partial charge on any atom is -0.371 e.